The van der Waals surface area contributed by atoms with E-state index in [2.05, 4.69) is 269 Å². The number of fused-ring (bicyclic) bond motifs is 10. The molecule has 0 N–H and O–H groups in total. The molecule has 0 fully saturated rings. The maximum absolute atomic E-state index is 6.87. The monoisotopic (exact) mass is 920 g/mol. The highest BCUT2D eigenvalue weighted by Crippen LogP contribution is 2.54. The van der Waals surface area contributed by atoms with Crippen molar-refractivity contribution in [3.63, 3.8) is 0 Å². The van der Waals surface area contributed by atoms with Gasteiger partial charge in [0.05, 0.1) is 0 Å². The van der Waals surface area contributed by atoms with E-state index >= 15 is 0 Å². The lowest BCUT2D eigenvalue weighted by Gasteiger charge is -2.34. The first-order valence-corrected chi connectivity index (χ1v) is 26.8. The Hall–Kier alpha value is -8.56. The van der Waals surface area contributed by atoms with Gasteiger partial charge in [-0.05, 0) is 133 Å². The highest BCUT2D eigenvalue weighted by Gasteiger charge is 2.41. The van der Waals surface area contributed by atoms with Gasteiger partial charge in [-0.1, -0.05) is 244 Å². The molecule has 0 bridgehead atoms. The molecule has 334 valence electrons. The molecular formula is C69H48OSi. The molecule has 0 amide bonds. The molecule has 1 aromatic heterocycles. The van der Waals surface area contributed by atoms with Gasteiger partial charge in [-0.25, -0.2) is 0 Å². The Morgan fingerprint density at radius 1 is 0.324 bits per heavy atom. The summed E-state index contributed by atoms with van der Waals surface area (Å²) >= 11 is 0. The molecule has 1 aliphatic carbocycles. The molecule has 1 aliphatic rings. The van der Waals surface area contributed by atoms with Gasteiger partial charge in [0.2, 0.25) is 0 Å². The molecular weight excluding hydrogens is 873 g/mol. The van der Waals surface area contributed by atoms with E-state index in [1.54, 1.807) is 0 Å². The average Bonchev–Trinajstić information content (AvgIpc) is 3.92. The molecule has 0 atom stereocenters. The van der Waals surface area contributed by atoms with Gasteiger partial charge < -0.3 is 4.42 Å². The molecule has 0 aliphatic heterocycles. The molecule has 71 heavy (non-hydrogen) atoms. The minimum absolute atomic E-state index is 0.158. The van der Waals surface area contributed by atoms with Crippen molar-refractivity contribution in [2.45, 2.75) is 19.3 Å². The zero-order valence-electron chi connectivity index (χ0n) is 39.7. The molecule has 0 saturated heterocycles. The predicted molar refractivity (Wildman–Crippen MR) is 304 cm³/mol. The van der Waals surface area contributed by atoms with Crippen LogP contribution in [0.5, 0.6) is 0 Å². The van der Waals surface area contributed by atoms with E-state index in [1.807, 2.05) is 0 Å². The average molecular weight is 921 g/mol. The van der Waals surface area contributed by atoms with Crippen molar-refractivity contribution in [3.05, 3.63) is 266 Å². The summed E-state index contributed by atoms with van der Waals surface area (Å²) in [5.41, 5.74) is 14.3. The molecule has 13 aromatic rings. The standard InChI is InChI=1S/C69H48OSi/c1-69(2)62-43-48(37-40-54(62)59-41-35-46-19-12-13-26-53(46)68(59)69)65-55-27-14-16-29-57(55)66(58-30-17-15-28-56(58)65)61-31-18-32-63-67(61)60-42-36-47(44-64(60)70-63)45-33-38-52(39-34-45)71(49-20-6-3-7-21-49,50-22-8-4-9-23-50)51-24-10-5-11-25-51/h3-44H,1-2H3. The fourth-order valence-corrected chi connectivity index (χ4v) is 17.4. The van der Waals surface area contributed by atoms with Crippen molar-refractivity contribution in [1.82, 2.24) is 0 Å². The van der Waals surface area contributed by atoms with E-state index in [0.717, 1.165) is 33.1 Å². The number of benzene rings is 12. The van der Waals surface area contributed by atoms with E-state index < -0.39 is 8.07 Å². The van der Waals surface area contributed by atoms with Crippen LogP contribution in [0.15, 0.2) is 259 Å². The topological polar surface area (TPSA) is 13.1 Å². The van der Waals surface area contributed by atoms with Crippen LogP contribution in [0.3, 0.4) is 0 Å². The molecule has 2 heteroatoms. The first kappa shape index (κ1) is 41.4. The summed E-state index contributed by atoms with van der Waals surface area (Å²) in [4.78, 5) is 0. The first-order chi connectivity index (χ1) is 35.0. The Kier molecular flexibility index (Phi) is 9.33. The second-order valence-corrected chi connectivity index (χ2v) is 23.7. The number of hydrogen-bond acceptors (Lipinski definition) is 1. The Labute approximate surface area is 415 Å². The normalized spacial score (nSPS) is 13.0. The fraction of sp³-hybridized carbons (Fsp3) is 0.0435. The zero-order chi connectivity index (χ0) is 47.3. The minimum atomic E-state index is -2.64. The third kappa shape index (κ3) is 6.18. The van der Waals surface area contributed by atoms with Gasteiger partial charge >= 0.3 is 0 Å². The summed E-state index contributed by atoms with van der Waals surface area (Å²) in [7, 11) is -2.64. The molecule has 0 saturated carbocycles. The van der Waals surface area contributed by atoms with Crippen LogP contribution in [0.4, 0.5) is 0 Å². The zero-order valence-corrected chi connectivity index (χ0v) is 40.7. The predicted octanol–water partition coefficient (Wildman–Crippen LogP) is 15.7. The van der Waals surface area contributed by atoms with Crippen LogP contribution >= 0.6 is 0 Å². The van der Waals surface area contributed by atoms with Gasteiger partial charge in [-0.3, -0.25) is 0 Å². The van der Waals surface area contributed by atoms with Crippen LogP contribution in [0.2, 0.25) is 0 Å². The Morgan fingerprint density at radius 3 is 1.45 bits per heavy atom. The van der Waals surface area contributed by atoms with Crippen LogP contribution in [0.25, 0.3) is 98.8 Å². The lowest BCUT2D eigenvalue weighted by molar-refractivity contribution is 0.666. The summed E-state index contributed by atoms with van der Waals surface area (Å²) in [6.45, 7) is 4.80. The molecule has 0 radical (unpaired) electrons. The summed E-state index contributed by atoms with van der Waals surface area (Å²) in [6.07, 6.45) is 0. The highest BCUT2D eigenvalue weighted by atomic mass is 28.3. The van der Waals surface area contributed by atoms with E-state index in [9.17, 15) is 0 Å². The third-order valence-electron chi connectivity index (χ3n) is 15.8. The number of hydrogen-bond donors (Lipinski definition) is 0. The Morgan fingerprint density at radius 2 is 0.831 bits per heavy atom. The SMILES string of the molecule is CC1(C)c2cc(-c3c4ccccc4c(-c4cccc5oc6cc(-c7ccc([Si](c8ccccc8)(c8ccccc8)c8ccccc8)cc7)ccc6c45)c4ccccc34)ccc2-c2ccc3ccccc3c21. The molecule has 1 nitrogen and oxygen atoms in total. The van der Waals surface area contributed by atoms with Crippen LogP contribution in [0, 0.1) is 0 Å². The Bertz CT molecular complexity index is 4070. The van der Waals surface area contributed by atoms with Crippen molar-refractivity contribution in [3.8, 4) is 44.5 Å². The number of rotatable bonds is 7. The maximum Gasteiger partial charge on any atom is 0.179 e. The van der Waals surface area contributed by atoms with Crippen LogP contribution in [-0.4, -0.2) is 8.07 Å². The van der Waals surface area contributed by atoms with Crippen molar-refractivity contribution in [1.29, 1.82) is 0 Å². The minimum Gasteiger partial charge on any atom is -0.456 e. The number of furan rings is 1. The van der Waals surface area contributed by atoms with Gasteiger partial charge in [0, 0.05) is 16.2 Å². The first-order valence-electron chi connectivity index (χ1n) is 24.8. The summed E-state index contributed by atoms with van der Waals surface area (Å²) in [5.74, 6) is 0. The lowest BCUT2D eigenvalue weighted by Crippen LogP contribution is -2.74. The smallest absolute Gasteiger partial charge is 0.179 e. The van der Waals surface area contributed by atoms with Gasteiger partial charge in [0.1, 0.15) is 11.2 Å². The molecule has 0 spiro atoms. The lowest BCUT2D eigenvalue weighted by atomic mass is 9.79. The van der Waals surface area contributed by atoms with Gasteiger partial charge in [0.25, 0.3) is 0 Å². The van der Waals surface area contributed by atoms with E-state index in [1.165, 1.54) is 97.6 Å². The highest BCUT2D eigenvalue weighted by molar-refractivity contribution is 7.19. The fourth-order valence-electron chi connectivity index (χ4n) is 12.7. The second-order valence-electron chi connectivity index (χ2n) is 19.9. The largest absolute Gasteiger partial charge is 0.456 e. The van der Waals surface area contributed by atoms with Crippen LogP contribution in [0.1, 0.15) is 25.0 Å². The van der Waals surface area contributed by atoms with Crippen LogP contribution in [-0.2, 0) is 5.41 Å². The van der Waals surface area contributed by atoms with Gasteiger partial charge in [-0.15, -0.1) is 0 Å². The van der Waals surface area contributed by atoms with E-state index in [0.29, 0.717) is 0 Å². The van der Waals surface area contributed by atoms with Crippen LogP contribution < -0.4 is 20.7 Å². The van der Waals surface area contributed by atoms with Gasteiger partial charge in [-0.2, -0.15) is 0 Å². The summed E-state index contributed by atoms with van der Waals surface area (Å²) < 4.78 is 6.87. The van der Waals surface area contributed by atoms with E-state index in [-0.39, 0.29) is 5.41 Å². The quantitative estimate of drug-likeness (QED) is 0.0882. The molecule has 12 aromatic carbocycles. The van der Waals surface area contributed by atoms with Crippen molar-refractivity contribution >= 4 is 83.1 Å². The van der Waals surface area contributed by atoms with E-state index in [4.69, 9.17) is 4.42 Å². The summed E-state index contributed by atoms with van der Waals surface area (Å²) in [6, 6.07) is 94.8. The third-order valence-corrected chi connectivity index (χ3v) is 20.6. The van der Waals surface area contributed by atoms with Gasteiger partial charge in [0.15, 0.2) is 8.07 Å². The van der Waals surface area contributed by atoms with Crippen molar-refractivity contribution < 1.29 is 4.42 Å². The second kappa shape index (κ2) is 16.0. The van der Waals surface area contributed by atoms with Crippen molar-refractivity contribution in [2.75, 3.05) is 0 Å². The maximum atomic E-state index is 6.87. The Balaban J connectivity index is 0.898. The molecule has 1 heterocycles. The summed E-state index contributed by atoms with van der Waals surface area (Å²) in [5, 5.41) is 15.3. The molecule has 0 unspecified atom stereocenters. The van der Waals surface area contributed by atoms with Crippen molar-refractivity contribution in [2.24, 2.45) is 0 Å². The molecule has 14 rings (SSSR count).